The average Bonchev–Trinajstić information content (AvgIpc) is 3.69. The minimum Gasteiger partial charge on any atom is -0.328 e. The molecule has 2 N–H and O–H groups in total. The number of pyridine rings is 1. The molecule has 1 aliphatic rings. The van der Waals surface area contributed by atoms with Crippen LogP contribution in [0.3, 0.4) is 0 Å². The maximum atomic E-state index is 13.8. The Bertz CT molecular complexity index is 1600. The van der Waals surface area contributed by atoms with Crippen molar-refractivity contribution in [2.75, 3.05) is 23.7 Å². The number of rotatable bonds is 8. The molecule has 1 saturated heterocycles. The summed E-state index contributed by atoms with van der Waals surface area (Å²) in [4.78, 5) is 27.8. The van der Waals surface area contributed by atoms with E-state index in [1.165, 1.54) is 41.3 Å². The smallest absolute Gasteiger partial charge is 0.246 e. The van der Waals surface area contributed by atoms with E-state index in [1.807, 2.05) is 17.5 Å². The van der Waals surface area contributed by atoms with Gasteiger partial charge in [0.25, 0.3) is 0 Å². The average molecular weight is 533 g/mol. The van der Waals surface area contributed by atoms with Crippen LogP contribution < -0.4 is 10.6 Å². The Morgan fingerprint density at radius 1 is 1.18 bits per heavy atom. The van der Waals surface area contributed by atoms with Crippen LogP contribution in [0.4, 0.5) is 20.9 Å². The summed E-state index contributed by atoms with van der Waals surface area (Å²) in [5, 5.41) is 11.1. The Morgan fingerprint density at radius 2 is 2.05 bits per heavy atom. The molecule has 13 heteroatoms. The Labute approximate surface area is 221 Å². The van der Waals surface area contributed by atoms with Crippen molar-refractivity contribution in [3.63, 3.8) is 0 Å². The zero-order valence-electron chi connectivity index (χ0n) is 20.6. The zero-order valence-corrected chi connectivity index (χ0v) is 21.5. The van der Waals surface area contributed by atoms with Gasteiger partial charge in [-0.2, -0.15) is 9.47 Å². The van der Waals surface area contributed by atoms with Crippen molar-refractivity contribution in [1.29, 1.82) is 0 Å². The SMILES string of the molecule is Cc1cn2c(-c3cnn(CC(=O)Nc4ccncc4F)c3)cnc2c(Nc2cc(CN3CCCC3)ns2)n1. The van der Waals surface area contributed by atoms with E-state index in [-0.39, 0.29) is 12.2 Å². The molecular formula is C25H25FN10OS. The highest BCUT2D eigenvalue weighted by Gasteiger charge is 2.17. The summed E-state index contributed by atoms with van der Waals surface area (Å²) in [6, 6.07) is 3.48. The third kappa shape index (κ3) is 5.10. The second-order valence-corrected chi connectivity index (χ2v) is 9.99. The molecule has 0 atom stereocenters. The van der Waals surface area contributed by atoms with Crippen LogP contribution in [0.5, 0.6) is 0 Å². The van der Waals surface area contributed by atoms with Crippen LogP contribution in [-0.2, 0) is 17.9 Å². The zero-order chi connectivity index (χ0) is 26.1. The van der Waals surface area contributed by atoms with Crippen LogP contribution in [0.15, 0.2) is 49.3 Å². The number of hydrogen-bond donors (Lipinski definition) is 2. The molecule has 0 spiro atoms. The summed E-state index contributed by atoms with van der Waals surface area (Å²) >= 11 is 1.41. The molecular weight excluding hydrogens is 507 g/mol. The lowest BCUT2D eigenvalue weighted by atomic mass is 10.3. The molecule has 0 radical (unpaired) electrons. The number of aryl methyl sites for hydroxylation is 1. The van der Waals surface area contributed by atoms with Crippen LogP contribution in [-0.4, -0.2) is 57.4 Å². The van der Waals surface area contributed by atoms with Crippen molar-refractivity contribution in [2.24, 2.45) is 0 Å². The first-order valence-electron chi connectivity index (χ1n) is 12.2. The number of likely N-dealkylation sites (tertiary alicyclic amines) is 1. The standard InChI is InChI=1S/C25H25FN10OS/c1-16-12-36-21(17-9-29-35(13-17)15-22(37)31-20-4-5-27-10-19(20)26)11-28-25(36)24(30-16)32-23-8-18(33-38-23)14-34-6-2-3-7-34/h4-5,8-13H,2-3,6-7,14-15H2,1H3,(H,30,32)(H,27,31,37). The number of nitrogens with zero attached hydrogens (tertiary/aromatic N) is 8. The Balaban J connectivity index is 1.19. The lowest BCUT2D eigenvalue weighted by molar-refractivity contribution is -0.116. The van der Waals surface area contributed by atoms with E-state index < -0.39 is 11.7 Å². The number of hydrogen-bond acceptors (Lipinski definition) is 9. The molecule has 6 heterocycles. The molecule has 1 aliphatic heterocycles. The molecule has 1 fully saturated rings. The van der Waals surface area contributed by atoms with E-state index in [9.17, 15) is 9.18 Å². The van der Waals surface area contributed by atoms with Gasteiger partial charge in [0, 0.05) is 30.7 Å². The number of halogens is 1. The highest BCUT2D eigenvalue weighted by atomic mass is 32.1. The minimum absolute atomic E-state index is 0.0724. The van der Waals surface area contributed by atoms with E-state index in [4.69, 9.17) is 0 Å². The van der Waals surface area contributed by atoms with Gasteiger partial charge in [0.05, 0.1) is 41.4 Å². The monoisotopic (exact) mass is 532 g/mol. The Morgan fingerprint density at radius 3 is 2.89 bits per heavy atom. The van der Waals surface area contributed by atoms with Gasteiger partial charge in [0.15, 0.2) is 17.3 Å². The fraction of sp³-hybridized carbons (Fsp3) is 0.280. The molecule has 0 aliphatic carbocycles. The van der Waals surface area contributed by atoms with Gasteiger partial charge in [0.1, 0.15) is 11.5 Å². The summed E-state index contributed by atoms with van der Waals surface area (Å²) in [7, 11) is 0. The van der Waals surface area contributed by atoms with Crippen LogP contribution in [0, 0.1) is 12.7 Å². The number of imidazole rings is 1. The number of aromatic nitrogens is 7. The lowest BCUT2D eigenvalue weighted by Gasteiger charge is -2.11. The molecule has 6 rings (SSSR count). The molecule has 0 aromatic carbocycles. The minimum atomic E-state index is -0.595. The van der Waals surface area contributed by atoms with Crippen molar-refractivity contribution in [3.8, 4) is 11.3 Å². The number of amides is 1. The van der Waals surface area contributed by atoms with E-state index in [2.05, 4.69) is 46.0 Å². The van der Waals surface area contributed by atoms with E-state index in [1.54, 1.807) is 18.6 Å². The van der Waals surface area contributed by atoms with Gasteiger partial charge in [-0.3, -0.25) is 23.8 Å². The molecule has 38 heavy (non-hydrogen) atoms. The normalized spacial score (nSPS) is 13.8. The van der Waals surface area contributed by atoms with Crippen LogP contribution in [0.25, 0.3) is 16.9 Å². The Kier molecular flexibility index (Phi) is 6.52. The highest BCUT2D eigenvalue weighted by Crippen LogP contribution is 2.28. The fourth-order valence-corrected chi connectivity index (χ4v) is 5.19. The predicted octanol–water partition coefficient (Wildman–Crippen LogP) is 3.87. The number of carbonyl (C=O) groups is 1. The van der Waals surface area contributed by atoms with Crippen molar-refractivity contribution >= 4 is 39.6 Å². The molecule has 1 amide bonds. The first kappa shape index (κ1) is 24.1. The van der Waals surface area contributed by atoms with Crippen LogP contribution in [0.2, 0.25) is 0 Å². The number of carbonyl (C=O) groups excluding carboxylic acids is 1. The molecule has 194 valence electrons. The number of nitrogens with one attached hydrogen (secondary N) is 2. The van der Waals surface area contributed by atoms with Gasteiger partial charge in [-0.05, 0) is 56.5 Å². The summed E-state index contributed by atoms with van der Waals surface area (Å²) in [5.74, 6) is -0.357. The van der Waals surface area contributed by atoms with Gasteiger partial charge in [0.2, 0.25) is 5.91 Å². The largest absolute Gasteiger partial charge is 0.328 e. The van der Waals surface area contributed by atoms with Crippen LogP contribution >= 0.6 is 11.5 Å². The quantitative estimate of drug-likeness (QED) is 0.309. The lowest BCUT2D eigenvalue weighted by Crippen LogP contribution is -2.19. The summed E-state index contributed by atoms with van der Waals surface area (Å²) in [5.41, 5.74) is 4.19. The summed E-state index contributed by atoms with van der Waals surface area (Å²) in [6.45, 7) is 4.97. The summed E-state index contributed by atoms with van der Waals surface area (Å²) in [6.07, 6.45) is 12.0. The van der Waals surface area contributed by atoms with Gasteiger partial charge >= 0.3 is 0 Å². The van der Waals surface area contributed by atoms with Crippen LogP contribution in [0.1, 0.15) is 24.2 Å². The maximum Gasteiger partial charge on any atom is 0.246 e. The molecule has 5 aromatic rings. The van der Waals surface area contributed by atoms with Gasteiger partial charge < -0.3 is 10.6 Å². The second-order valence-electron chi connectivity index (χ2n) is 9.19. The maximum absolute atomic E-state index is 13.8. The predicted molar refractivity (Wildman–Crippen MR) is 142 cm³/mol. The van der Waals surface area contributed by atoms with Crippen molar-refractivity contribution in [2.45, 2.75) is 32.9 Å². The third-order valence-corrected chi connectivity index (χ3v) is 7.02. The molecule has 5 aromatic heterocycles. The Hall–Kier alpha value is -4.23. The second kappa shape index (κ2) is 10.3. The van der Waals surface area contributed by atoms with Crippen molar-refractivity contribution < 1.29 is 9.18 Å². The van der Waals surface area contributed by atoms with Crippen molar-refractivity contribution in [3.05, 3.63) is 66.5 Å². The number of fused-ring (bicyclic) bond motifs is 1. The fourth-order valence-electron chi connectivity index (χ4n) is 4.53. The third-order valence-electron chi connectivity index (χ3n) is 6.28. The highest BCUT2D eigenvalue weighted by molar-refractivity contribution is 7.10. The topological polar surface area (TPSA) is 118 Å². The molecule has 0 unspecified atom stereocenters. The van der Waals surface area contributed by atoms with Gasteiger partial charge in [-0.15, -0.1) is 0 Å². The van der Waals surface area contributed by atoms with Crippen molar-refractivity contribution in [1.82, 2.24) is 38.4 Å². The summed E-state index contributed by atoms with van der Waals surface area (Å²) < 4.78 is 21.8. The van der Waals surface area contributed by atoms with E-state index in [0.29, 0.717) is 11.5 Å². The molecule has 0 saturated carbocycles. The first-order chi connectivity index (χ1) is 18.5. The molecule has 11 nitrogen and oxygen atoms in total. The number of anilines is 3. The van der Waals surface area contributed by atoms with E-state index in [0.717, 1.165) is 53.5 Å². The van der Waals surface area contributed by atoms with Gasteiger partial charge in [-0.1, -0.05) is 0 Å². The van der Waals surface area contributed by atoms with E-state index >= 15 is 0 Å². The first-order valence-corrected chi connectivity index (χ1v) is 13.0. The molecule has 0 bridgehead atoms. The van der Waals surface area contributed by atoms with Gasteiger partial charge in [-0.25, -0.2) is 14.4 Å².